The summed E-state index contributed by atoms with van der Waals surface area (Å²) < 4.78 is 0. The smallest absolute Gasteiger partial charge is 0.211 e. The molecule has 0 radical (unpaired) electrons. The lowest BCUT2D eigenvalue weighted by molar-refractivity contribution is 1.20. The maximum Gasteiger partial charge on any atom is 0.211 e. The molecule has 0 bridgehead atoms. The summed E-state index contributed by atoms with van der Waals surface area (Å²) in [5.41, 5.74) is 13.9. The van der Waals surface area contributed by atoms with Gasteiger partial charge in [0.15, 0.2) is 0 Å². The number of benzene rings is 2. The highest BCUT2D eigenvalue weighted by Crippen LogP contribution is 2.23. The van der Waals surface area contributed by atoms with Gasteiger partial charge in [0.05, 0.1) is 17.8 Å². The highest BCUT2D eigenvalue weighted by Gasteiger charge is 2.03. The van der Waals surface area contributed by atoms with Crippen molar-refractivity contribution in [3.8, 4) is 6.07 Å². The van der Waals surface area contributed by atoms with E-state index in [1.54, 1.807) is 18.3 Å². The highest BCUT2D eigenvalue weighted by molar-refractivity contribution is 5.82. The number of nitrogens with two attached hydrogens (primary N) is 2. The molecule has 22 heavy (non-hydrogen) atoms. The van der Waals surface area contributed by atoms with Crippen LogP contribution in [0.1, 0.15) is 11.1 Å². The molecule has 0 aliphatic rings. The van der Waals surface area contributed by atoms with Crippen LogP contribution < -0.4 is 16.4 Å². The Morgan fingerprint density at radius 1 is 1.05 bits per heavy atom. The van der Waals surface area contributed by atoms with E-state index >= 15 is 0 Å². The number of nitriles is 1. The van der Waals surface area contributed by atoms with Gasteiger partial charge in [0.25, 0.3) is 0 Å². The third kappa shape index (κ3) is 3.84. The lowest BCUT2D eigenvalue weighted by Gasteiger charge is -2.19. The van der Waals surface area contributed by atoms with Crippen molar-refractivity contribution in [3.05, 3.63) is 59.7 Å². The molecular weight excluding hydrogens is 276 g/mol. The van der Waals surface area contributed by atoms with Crippen molar-refractivity contribution in [2.24, 2.45) is 21.7 Å². The first-order valence-corrected chi connectivity index (χ1v) is 6.56. The second kappa shape index (κ2) is 6.90. The molecule has 0 saturated carbocycles. The minimum atomic E-state index is -0.0755. The van der Waals surface area contributed by atoms with Crippen LogP contribution in [0.3, 0.4) is 0 Å². The number of hydrogen-bond acceptors (Lipinski definition) is 4. The van der Waals surface area contributed by atoms with Gasteiger partial charge in [0, 0.05) is 18.4 Å². The Kier molecular flexibility index (Phi) is 4.73. The minimum Gasteiger partial charge on any atom is -0.369 e. The van der Waals surface area contributed by atoms with Crippen molar-refractivity contribution >= 4 is 23.5 Å². The maximum atomic E-state index is 8.82. The normalized spacial score (nSPS) is 10.2. The molecule has 0 atom stereocenters. The SMILES string of the molecule is CN(c1ccc(C#N)cc1)c1ccc(C=NN=C(N)N)cc1. The second-order valence-electron chi connectivity index (χ2n) is 4.58. The monoisotopic (exact) mass is 292 g/mol. The summed E-state index contributed by atoms with van der Waals surface area (Å²) in [6.07, 6.45) is 1.57. The first-order valence-electron chi connectivity index (χ1n) is 6.56. The van der Waals surface area contributed by atoms with E-state index in [9.17, 15) is 0 Å². The van der Waals surface area contributed by atoms with E-state index in [2.05, 4.69) is 16.3 Å². The maximum absolute atomic E-state index is 8.82. The molecule has 0 unspecified atom stereocenters. The van der Waals surface area contributed by atoms with Crippen molar-refractivity contribution in [2.45, 2.75) is 0 Å². The van der Waals surface area contributed by atoms with Gasteiger partial charge >= 0.3 is 0 Å². The molecule has 110 valence electrons. The van der Waals surface area contributed by atoms with Gasteiger partial charge in [-0.3, -0.25) is 0 Å². The number of nitrogens with zero attached hydrogens (tertiary/aromatic N) is 4. The Hall–Kier alpha value is -3.33. The van der Waals surface area contributed by atoms with Crippen LogP contribution in [-0.4, -0.2) is 19.2 Å². The van der Waals surface area contributed by atoms with Crippen LogP contribution >= 0.6 is 0 Å². The molecule has 0 saturated heterocycles. The van der Waals surface area contributed by atoms with Gasteiger partial charge < -0.3 is 16.4 Å². The molecule has 2 aromatic carbocycles. The molecule has 0 spiro atoms. The van der Waals surface area contributed by atoms with Gasteiger partial charge in [-0.25, -0.2) is 0 Å². The van der Waals surface area contributed by atoms with Gasteiger partial charge in [-0.15, -0.1) is 5.10 Å². The molecule has 0 heterocycles. The fourth-order valence-corrected chi connectivity index (χ4v) is 1.85. The topological polar surface area (TPSA) is 104 Å². The summed E-state index contributed by atoms with van der Waals surface area (Å²) in [5, 5.41) is 16.1. The Morgan fingerprint density at radius 2 is 1.59 bits per heavy atom. The average molecular weight is 292 g/mol. The molecule has 0 aliphatic carbocycles. The lowest BCUT2D eigenvalue weighted by atomic mass is 10.1. The third-order valence-corrected chi connectivity index (χ3v) is 3.04. The number of anilines is 2. The summed E-state index contributed by atoms with van der Waals surface area (Å²) in [5.74, 6) is -0.0755. The second-order valence-corrected chi connectivity index (χ2v) is 4.58. The van der Waals surface area contributed by atoms with E-state index in [1.165, 1.54) is 0 Å². The number of rotatable bonds is 4. The molecule has 0 aromatic heterocycles. The molecule has 2 aromatic rings. The van der Waals surface area contributed by atoms with Crippen molar-refractivity contribution in [2.75, 3.05) is 11.9 Å². The van der Waals surface area contributed by atoms with Crippen molar-refractivity contribution in [3.63, 3.8) is 0 Å². The zero-order valence-corrected chi connectivity index (χ0v) is 12.1. The Balaban J connectivity index is 2.13. The highest BCUT2D eigenvalue weighted by atomic mass is 15.3. The van der Waals surface area contributed by atoms with E-state index in [0.717, 1.165) is 16.9 Å². The summed E-state index contributed by atoms with van der Waals surface area (Å²) in [4.78, 5) is 2.03. The molecule has 6 heteroatoms. The Morgan fingerprint density at radius 3 is 2.09 bits per heavy atom. The van der Waals surface area contributed by atoms with Gasteiger partial charge in [-0.05, 0) is 42.0 Å². The third-order valence-electron chi connectivity index (χ3n) is 3.04. The summed E-state index contributed by atoms with van der Waals surface area (Å²) >= 11 is 0. The predicted molar refractivity (Wildman–Crippen MR) is 89.1 cm³/mol. The van der Waals surface area contributed by atoms with E-state index < -0.39 is 0 Å². The van der Waals surface area contributed by atoms with Crippen LogP contribution in [0, 0.1) is 11.3 Å². The van der Waals surface area contributed by atoms with Crippen LogP contribution in [0.2, 0.25) is 0 Å². The molecular formula is C16H16N6. The standard InChI is InChI=1S/C16H16N6/c1-22(14-6-2-12(10-17)3-7-14)15-8-4-13(5-9-15)11-20-21-16(18)19/h2-9,11H,1H3,(H4,18,19,21). The van der Waals surface area contributed by atoms with Crippen LogP contribution in [0.25, 0.3) is 0 Å². The van der Waals surface area contributed by atoms with Crippen LogP contribution in [-0.2, 0) is 0 Å². The average Bonchev–Trinajstić information content (AvgIpc) is 2.54. The largest absolute Gasteiger partial charge is 0.369 e. The summed E-state index contributed by atoms with van der Waals surface area (Å²) in [7, 11) is 1.96. The zero-order chi connectivity index (χ0) is 15.9. The number of guanidine groups is 1. The minimum absolute atomic E-state index is 0.0755. The zero-order valence-electron chi connectivity index (χ0n) is 12.1. The molecule has 2 rings (SSSR count). The number of hydrogen-bond donors (Lipinski definition) is 2. The van der Waals surface area contributed by atoms with E-state index in [4.69, 9.17) is 16.7 Å². The van der Waals surface area contributed by atoms with E-state index in [-0.39, 0.29) is 5.96 Å². The van der Waals surface area contributed by atoms with Crippen LogP contribution in [0.15, 0.2) is 58.7 Å². The summed E-state index contributed by atoms with van der Waals surface area (Å²) in [6.45, 7) is 0. The van der Waals surface area contributed by atoms with Gasteiger partial charge in [0.1, 0.15) is 0 Å². The van der Waals surface area contributed by atoms with Crippen molar-refractivity contribution in [1.82, 2.24) is 0 Å². The Bertz CT molecular complexity index is 719. The van der Waals surface area contributed by atoms with Gasteiger partial charge in [-0.2, -0.15) is 10.4 Å². The Labute approximate surface area is 129 Å². The van der Waals surface area contributed by atoms with Gasteiger partial charge in [-0.1, -0.05) is 12.1 Å². The van der Waals surface area contributed by atoms with Crippen LogP contribution in [0.4, 0.5) is 11.4 Å². The van der Waals surface area contributed by atoms with Gasteiger partial charge in [0.2, 0.25) is 5.96 Å². The van der Waals surface area contributed by atoms with Crippen LogP contribution in [0.5, 0.6) is 0 Å². The van der Waals surface area contributed by atoms with E-state index in [1.807, 2.05) is 48.3 Å². The molecule has 4 N–H and O–H groups in total. The summed E-state index contributed by atoms with van der Waals surface area (Å²) in [6, 6.07) is 17.3. The molecule has 0 aliphatic heterocycles. The molecule has 0 fully saturated rings. The lowest BCUT2D eigenvalue weighted by Crippen LogP contribution is -2.21. The molecule has 6 nitrogen and oxygen atoms in total. The predicted octanol–water partition coefficient (Wildman–Crippen LogP) is 1.93. The quantitative estimate of drug-likeness (QED) is 0.510. The van der Waals surface area contributed by atoms with E-state index in [0.29, 0.717) is 5.56 Å². The first kappa shape index (κ1) is 15.1. The fourth-order valence-electron chi connectivity index (χ4n) is 1.85. The van der Waals surface area contributed by atoms with Crippen molar-refractivity contribution < 1.29 is 0 Å². The first-order chi connectivity index (χ1) is 10.6. The molecule has 0 amide bonds. The fraction of sp³-hybridized carbons (Fsp3) is 0.0625. The van der Waals surface area contributed by atoms with Crippen molar-refractivity contribution in [1.29, 1.82) is 5.26 Å².